The number of hydrogen-bond donors (Lipinski definition) is 1. The number of para-hydroxylation sites is 2. The van der Waals surface area contributed by atoms with Crippen LogP contribution in [-0.4, -0.2) is 30.9 Å². The monoisotopic (exact) mass is 392 g/mol. The van der Waals surface area contributed by atoms with Crippen LogP contribution in [0.1, 0.15) is 12.5 Å². The van der Waals surface area contributed by atoms with Crippen molar-refractivity contribution in [3.8, 4) is 5.75 Å². The zero-order chi connectivity index (χ0) is 18.8. The summed E-state index contributed by atoms with van der Waals surface area (Å²) in [5, 5.41) is 3.56. The highest BCUT2D eigenvalue weighted by molar-refractivity contribution is 6.40. The van der Waals surface area contributed by atoms with Crippen LogP contribution in [-0.2, 0) is 9.59 Å². The summed E-state index contributed by atoms with van der Waals surface area (Å²) in [6.07, 6.45) is -0.608. The number of benzene rings is 2. The number of nitrogens with zero attached hydrogens (tertiary/aromatic N) is 1. The Balaban J connectivity index is 1.81. The molecule has 136 valence electrons. The summed E-state index contributed by atoms with van der Waals surface area (Å²) >= 11 is 12.4. The van der Waals surface area contributed by atoms with Gasteiger partial charge in [-0.2, -0.15) is 0 Å². The summed E-state index contributed by atoms with van der Waals surface area (Å²) in [7, 11) is 0. The molecule has 3 rings (SSSR count). The molecule has 7 heteroatoms. The number of amides is 1. The van der Waals surface area contributed by atoms with Gasteiger partial charge in [0.05, 0.1) is 34.5 Å². The molecule has 1 amide bonds. The number of ether oxygens (including phenoxy) is 1. The van der Waals surface area contributed by atoms with Gasteiger partial charge in [-0.15, -0.1) is 0 Å². The summed E-state index contributed by atoms with van der Waals surface area (Å²) < 4.78 is 5.71. The molecule has 2 aromatic rings. The van der Waals surface area contributed by atoms with E-state index in [1.165, 1.54) is 6.92 Å². The maximum absolute atomic E-state index is 12.6. The van der Waals surface area contributed by atoms with Crippen LogP contribution in [0.2, 0.25) is 10.0 Å². The summed E-state index contributed by atoms with van der Waals surface area (Å²) in [4.78, 5) is 26.2. The normalized spacial score (nSPS) is 15.8. The molecule has 1 aliphatic heterocycles. The van der Waals surface area contributed by atoms with E-state index in [4.69, 9.17) is 27.9 Å². The van der Waals surface area contributed by atoms with Crippen molar-refractivity contribution in [2.24, 2.45) is 0 Å². The Labute approximate surface area is 161 Å². The van der Waals surface area contributed by atoms with Crippen LogP contribution in [0.5, 0.6) is 5.75 Å². The average Bonchev–Trinajstić information content (AvgIpc) is 2.62. The van der Waals surface area contributed by atoms with Crippen molar-refractivity contribution in [1.82, 2.24) is 0 Å². The zero-order valence-corrected chi connectivity index (χ0v) is 15.9. The molecule has 0 bridgehead atoms. The van der Waals surface area contributed by atoms with Crippen LogP contribution >= 0.6 is 23.2 Å². The molecule has 0 spiro atoms. The first kappa shape index (κ1) is 18.5. The van der Waals surface area contributed by atoms with E-state index in [1.54, 1.807) is 18.2 Å². The fraction of sp³-hybridized carbons (Fsp3) is 0.263. The maximum Gasteiger partial charge on any atom is 0.243 e. The van der Waals surface area contributed by atoms with Gasteiger partial charge in [0, 0.05) is 0 Å². The van der Waals surface area contributed by atoms with Gasteiger partial charge in [0.25, 0.3) is 0 Å². The lowest BCUT2D eigenvalue weighted by Crippen LogP contribution is -2.46. The lowest BCUT2D eigenvalue weighted by Gasteiger charge is -2.34. The lowest BCUT2D eigenvalue weighted by atomic mass is 10.1. The van der Waals surface area contributed by atoms with E-state index in [-0.39, 0.29) is 18.2 Å². The molecule has 1 heterocycles. The van der Waals surface area contributed by atoms with Crippen LogP contribution in [0.3, 0.4) is 0 Å². The number of Topliss-reactive ketones (excluding diaryl/α,β-unsaturated/α-hetero) is 1. The number of fused-ring (bicyclic) bond motifs is 1. The average molecular weight is 393 g/mol. The Hall–Kier alpha value is -2.24. The largest absolute Gasteiger partial charge is 0.479 e. The number of nitrogens with one attached hydrogen (secondary N) is 1. The number of aryl methyl sites for hydroxylation is 1. The number of rotatable bonds is 4. The van der Waals surface area contributed by atoms with Crippen molar-refractivity contribution in [3.63, 3.8) is 0 Å². The molecular weight excluding hydrogens is 375 g/mol. The molecule has 0 saturated carbocycles. The van der Waals surface area contributed by atoms with Gasteiger partial charge in [0.1, 0.15) is 5.75 Å². The SMILES string of the molecule is CC(=O)C1CN(CC(=O)Nc2c(Cl)ccc(C)c2Cl)c2ccccc2O1. The standard InChI is InChI=1S/C19H18Cl2N2O3/c1-11-7-8-13(20)19(18(11)21)22-17(25)10-23-9-16(12(2)24)26-15-6-4-3-5-14(15)23/h3-8,16H,9-10H2,1-2H3,(H,22,25). The zero-order valence-electron chi connectivity index (χ0n) is 14.4. The first-order valence-electron chi connectivity index (χ1n) is 8.12. The quantitative estimate of drug-likeness (QED) is 0.850. The van der Waals surface area contributed by atoms with E-state index in [9.17, 15) is 9.59 Å². The van der Waals surface area contributed by atoms with Gasteiger partial charge in [-0.1, -0.05) is 41.4 Å². The molecule has 0 radical (unpaired) electrons. The summed E-state index contributed by atoms with van der Waals surface area (Å²) in [6, 6.07) is 10.8. The minimum absolute atomic E-state index is 0.0464. The minimum atomic E-state index is -0.608. The fourth-order valence-corrected chi connectivity index (χ4v) is 3.26. The Morgan fingerprint density at radius 1 is 1.23 bits per heavy atom. The first-order valence-corrected chi connectivity index (χ1v) is 8.88. The van der Waals surface area contributed by atoms with Crippen LogP contribution in [0.4, 0.5) is 11.4 Å². The molecule has 5 nitrogen and oxygen atoms in total. The second kappa shape index (κ2) is 7.56. The molecule has 26 heavy (non-hydrogen) atoms. The number of hydrogen-bond acceptors (Lipinski definition) is 4. The smallest absolute Gasteiger partial charge is 0.243 e. The number of ketones is 1. The highest BCUT2D eigenvalue weighted by Crippen LogP contribution is 2.35. The molecule has 1 unspecified atom stereocenters. The van der Waals surface area contributed by atoms with Gasteiger partial charge in [-0.05, 0) is 37.6 Å². The van der Waals surface area contributed by atoms with Gasteiger partial charge >= 0.3 is 0 Å². The van der Waals surface area contributed by atoms with Crippen molar-refractivity contribution in [2.45, 2.75) is 20.0 Å². The lowest BCUT2D eigenvalue weighted by molar-refractivity contribution is -0.123. The molecule has 1 N–H and O–H groups in total. The third kappa shape index (κ3) is 3.79. The van der Waals surface area contributed by atoms with Crippen molar-refractivity contribution in [3.05, 3.63) is 52.0 Å². The van der Waals surface area contributed by atoms with Crippen LogP contribution in [0.15, 0.2) is 36.4 Å². The predicted molar refractivity (Wildman–Crippen MR) is 104 cm³/mol. The predicted octanol–water partition coefficient (Wildman–Crippen LogP) is 4.10. The Bertz CT molecular complexity index is 870. The van der Waals surface area contributed by atoms with Crippen molar-refractivity contribution in [2.75, 3.05) is 23.3 Å². The van der Waals surface area contributed by atoms with Crippen LogP contribution < -0.4 is 15.0 Å². The fourth-order valence-electron chi connectivity index (χ4n) is 2.79. The molecule has 0 saturated heterocycles. The van der Waals surface area contributed by atoms with Crippen LogP contribution in [0, 0.1) is 6.92 Å². The first-order chi connectivity index (χ1) is 12.4. The van der Waals surface area contributed by atoms with Gasteiger partial charge in [0.15, 0.2) is 11.9 Å². The third-order valence-electron chi connectivity index (χ3n) is 4.20. The Morgan fingerprint density at radius 3 is 2.69 bits per heavy atom. The molecule has 1 atom stereocenters. The Morgan fingerprint density at radius 2 is 1.96 bits per heavy atom. The molecule has 0 fully saturated rings. The molecule has 0 aliphatic carbocycles. The molecule has 0 aromatic heterocycles. The van der Waals surface area contributed by atoms with E-state index >= 15 is 0 Å². The van der Waals surface area contributed by atoms with Crippen LogP contribution in [0.25, 0.3) is 0 Å². The number of carbonyl (C=O) groups is 2. The van der Waals surface area contributed by atoms with E-state index < -0.39 is 6.10 Å². The Kier molecular flexibility index (Phi) is 5.39. The van der Waals surface area contributed by atoms with E-state index in [0.29, 0.717) is 28.0 Å². The molecular formula is C19H18Cl2N2O3. The summed E-state index contributed by atoms with van der Waals surface area (Å²) in [5.74, 6) is 0.214. The van der Waals surface area contributed by atoms with E-state index in [2.05, 4.69) is 5.32 Å². The van der Waals surface area contributed by atoms with Crippen molar-refractivity contribution < 1.29 is 14.3 Å². The minimum Gasteiger partial charge on any atom is -0.479 e. The molecule has 1 aliphatic rings. The number of anilines is 2. The summed E-state index contributed by atoms with van der Waals surface area (Å²) in [6.45, 7) is 3.66. The van der Waals surface area contributed by atoms with Crippen molar-refractivity contribution in [1.29, 1.82) is 0 Å². The second-order valence-corrected chi connectivity index (χ2v) is 6.95. The number of halogens is 2. The van der Waals surface area contributed by atoms with Gasteiger partial charge in [-0.3, -0.25) is 9.59 Å². The highest BCUT2D eigenvalue weighted by atomic mass is 35.5. The second-order valence-electron chi connectivity index (χ2n) is 6.17. The number of carbonyl (C=O) groups excluding carboxylic acids is 2. The van der Waals surface area contributed by atoms with E-state index in [1.807, 2.05) is 30.0 Å². The van der Waals surface area contributed by atoms with Gasteiger partial charge in [-0.25, -0.2) is 0 Å². The van der Waals surface area contributed by atoms with Gasteiger partial charge in [0.2, 0.25) is 5.91 Å². The molecule has 2 aromatic carbocycles. The van der Waals surface area contributed by atoms with Crippen molar-refractivity contribution >= 4 is 46.3 Å². The highest BCUT2D eigenvalue weighted by Gasteiger charge is 2.29. The topological polar surface area (TPSA) is 58.6 Å². The third-order valence-corrected chi connectivity index (χ3v) is 5.00. The summed E-state index contributed by atoms with van der Waals surface area (Å²) in [5.41, 5.74) is 1.98. The van der Waals surface area contributed by atoms with Gasteiger partial charge < -0.3 is 15.0 Å². The maximum atomic E-state index is 12.6. The van der Waals surface area contributed by atoms with E-state index in [0.717, 1.165) is 11.3 Å².